The molecular formula is C18H28N4O. The zero-order chi connectivity index (χ0) is 17.6. The Hall–Kier alpha value is -1.91. The van der Waals surface area contributed by atoms with Crippen molar-refractivity contribution in [3.05, 3.63) is 17.3 Å². The van der Waals surface area contributed by atoms with Crippen LogP contribution in [-0.4, -0.2) is 20.4 Å². The van der Waals surface area contributed by atoms with Gasteiger partial charge in [-0.25, -0.2) is 9.97 Å². The first-order chi connectivity index (χ1) is 10.4. The molecule has 0 saturated heterocycles. The second kappa shape index (κ2) is 5.62. The number of nitrogens with zero attached hydrogens (tertiary/aromatic N) is 3. The Kier molecular flexibility index (Phi) is 4.26. The molecule has 0 aromatic carbocycles. The highest BCUT2D eigenvalue weighted by atomic mass is 16.1. The van der Waals surface area contributed by atoms with Gasteiger partial charge in [-0.05, 0) is 51.7 Å². The van der Waals surface area contributed by atoms with Crippen LogP contribution in [0.25, 0.3) is 11.2 Å². The Morgan fingerprint density at radius 2 is 1.74 bits per heavy atom. The third kappa shape index (κ3) is 3.89. The van der Waals surface area contributed by atoms with Gasteiger partial charge in [-0.15, -0.1) is 0 Å². The summed E-state index contributed by atoms with van der Waals surface area (Å²) in [5.41, 5.74) is 3.42. The number of anilines is 1. The maximum atomic E-state index is 12.3. The fraction of sp³-hybridized carbons (Fsp3) is 0.611. The number of hydrogen-bond acceptors (Lipinski definition) is 3. The SMILES string of the molecule is Cc1cc2nc(NC(=O)CC(C)(C)C)n(C(C)(C)C)c2nc1C. The number of imidazole rings is 1. The van der Waals surface area contributed by atoms with Crippen LogP contribution in [0.15, 0.2) is 6.07 Å². The van der Waals surface area contributed by atoms with E-state index in [1.165, 1.54) is 0 Å². The molecule has 5 nitrogen and oxygen atoms in total. The second-order valence-corrected chi connectivity index (χ2v) is 8.46. The van der Waals surface area contributed by atoms with Crippen molar-refractivity contribution in [1.82, 2.24) is 14.5 Å². The molecule has 2 rings (SSSR count). The summed E-state index contributed by atoms with van der Waals surface area (Å²) in [5, 5.41) is 2.97. The van der Waals surface area contributed by atoms with Crippen LogP contribution in [0, 0.1) is 19.3 Å². The van der Waals surface area contributed by atoms with Gasteiger partial charge in [-0.1, -0.05) is 20.8 Å². The zero-order valence-electron chi connectivity index (χ0n) is 15.5. The predicted molar refractivity (Wildman–Crippen MR) is 94.7 cm³/mol. The highest BCUT2D eigenvalue weighted by molar-refractivity contribution is 5.91. The van der Waals surface area contributed by atoms with E-state index in [1.807, 2.05) is 45.3 Å². The lowest BCUT2D eigenvalue weighted by Gasteiger charge is -2.24. The van der Waals surface area contributed by atoms with E-state index in [-0.39, 0.29) is 16.9 Å². The van der Waals surface area contributed by atoms with E-state index >= 15 is 0 Å². The van der Waals surface area contributed by atoms with Crippen molar-refractivity contribution in [1.29, 1.82) is 0 Å². The van der Waals surface area contributed by atoms with Gasteiger partial charge in [-0.3, -0.25) is 14.7 Å². The van der Waals surface area contributed by atoms with Crippen LogP contribution < -0.4 is 5.32 Å². The first-order valence-corrected chi connectivity index (χ1v) is 8.05. The van der Waals surface area contributed by atoms with Gasteiger partial charge >= 0.3 is 0 Å². The van der Waals surface area contributed by atoms with E-state index in [1.54, 1.807) is 0 Å². The van der Waals surface area contributed by atoms with Gasteiger partial charge in [0, 0.05) is 17.7 Å². The second-order valence-electron chi connectivity index (χ2n) is 8.46. The zero-order valence-corrected chi connectivity index (χ0v) is 15.5. The highest BCUT2D eigenvalue weighted by Gasteiger charge is 2.25. The van der Waals surface area contributed by atoms with Gasteiger partial charge in [-0.2, -0.15) is 0 Å². The number of carbonyl (C=O) groups excluding carboxylic acids is 1. The molecule has 0 unspecified atom stereocenters. The van der Waals surface area contributed by atoms with E-state index in [2.05, 4.69) is 31.1 Å². The Labute approximate surface area is 138 Å². The minimum absolute atomic E-state index is 0.0215. The largest absolute Gasteiger partial charge is 0.296 e. The molecule has 23 heavy (non-hydrogen) atoms. The number of pyridine rings is 1. The smallest absolute Gasteiger partial charge is 0.227 e. The number of amides is 1. The van der Waals surface area contributed by atoms with Crippen molar-refractivity contribution in [2.24, 2.45) is 5.41 Å². The number of aromatic nitrogens is 3. The Bertz CT molecular complexity index is 745. The van der Waals surface area contributed by atoms with Crippen molar-refractivity contribution >= 4 is 23.0 Å². The first kappa shape index (κ1) is 17.4. The highest BCUT2D eigenvalue weighted by Crippen LogP contribution is 2.29. The topological polar surface area (TPSA) is 59.8 Å². The van der Waals surface area contributed by atoms with Crippen molar-refractivity contribution in [2.45, 2.75) is 67.3 Å². The Morgan fingerprint density at radius 1 is 1.13 bits per heavy atom. The maximum absolute atomic E-state index is 12.3. The minimum Gasteiger partial charge on any atom is -0.296 e. The number of aryl methyl sites for hydroxylation is 2. The molecule has 0 fully saturated rings. The van der Waals surface area contributed by atoms with Crippen molar-refractivity contribution in [3.63, 3.8) is 0 Å². The number of nitrogens with one attached hydrogen (secondary N) is 1. The van der Waals surface area contributed by atoms with Crippen LogP contribution in [0.4, 0.5) is 5.95 Å². The van der Waals surface area contributed by atoms with Gasteiger partial charge in [0.15, 0.2) is 5.65 Å². The molecule has 0 radical (unpaired) electrons. The van der Waals surface area contributed by atoms with Gasteiger partial charge in [0.05, 0.1) is 0 Å². The molecular weight excluding hydrogens is 288 g/mol. The van der Waals surface area contributed by atoms with Crippen LogP contribution in [-0.2, 0) is 10.3 Å². The Morgan fingerprint density at radius 3 is 2.26 bits per heavy atom. The monoisotopic (exact) mass is 316 g/mol. The summed E-state index contributed by atoms with van der Waals surface area (Å²) in [6, 6.07) is 2.03. The molecule has 0 aliphatic rings. The van der Waals surface area contributed by atoms with E-state index < -0.39 is 0 Å². The van der Waals surface area contributed by atoms with Crippen LogP contribution in [0.3, 0.4) is 0 Å². The van der Waals surface area contributed by atoms with Gasteiger partial charge in [0.1, 0.15) is 5.52 Å². The molecule has 2 aromatic rings. The number of carbonyl (C=O) groups is 1. The van der Waals surface area contributed by atoms with Gasteiger partial charge in [0.2, 0.25) is 11.9 Å². The van der Waals surface area contributed by atoms with E-state index in [9.17, 15) is 4.79 Å². The molecule has 1 N–H and O–H groups in total. The van der Waals surface area contributed by atoms with Crippen LogP contribution in [0.2, 0.25) is 0 Å². The minimum atomic E-state index is -0.228. The van der Waals surface area contributed by atoms with E-state index in [0.29, 0.717) is 12.4 Å². The number of rotatable bonds is 2. The predicted octanol–water partition coefficient (Wildman–Crippen LogP) is 4.18. The average Bonchev–Trinajstić information content (AvgIpc) is 2.63. The summed E-state index contributed by atoms with van der Waals surface area (Å²) in [4.78, 5) is 21.6. The maximum Gasteiger partial charge on any atom is 0.227 e. The van der Waals surface area contributed by atoms with Crippen LogP contribution in [0.5, 0.6) is 0 Å². The molecule has 0 atom stereocenters. The summed E-state index contributed by atoms with van der Waals surface area (Å²) < 4.78 is 2.01. The van der Waals surface area contributed by atoms with Crippen LogP contribution in [0.1, 0.15) is 59.2 Å². The molecule has 5 heteroatoms. The molecule has 0 saturated carbocycles. The van der Waals surface area contributed by atoms with Gasteiger partial charge < -0.3 is 0 Å². The average molecular weight is 316 g/mol. The molecule has 2 aromatic heterocycles. The van der Waals surface area contributed by atoms with E-state index in [4.69, 9.17) is 4.98 Å². The molecule has 1 amide bonds. The van der Waals surface area contributed by atoms with E-state index in [0.717, 1.165) is 22.4 Å². The van der Waals surface area contributed by atoms with Crippen molar-refractivity contribution < 1.29 is 4.79 Å². The molecule has 0 spiro atoms. The lowest BCUT2D eigenvalue weighted by Crippen LogP contribution is -2.27. The summed E-state index contributed by atoms with van der Waals surface area (Å²) >= 11 is 0. The fourth-order valence-corrected chi connectivity index (χ4v) is 2.56. The number of fused-ring (bicyclic) bond motifs is 1. The molecule has 0 bridgehead atoms. The molecule has 2 heterocycles. The summed E-state index contributed by atoms with van der Waals surface area (Å²) in [6.07, 6.45) is 0.450. The quantitative estimate of drug-likeness (QED) is 0.904. The standard InChI is InChI=1S/C18H28N4O/c1-11-9-13-15(19-12(11)2)22(18(6,7)8)16(20-13)21-14(23)10-17(3,4)5/h9H,10H2,1-8H3,(H,20,21,23). The third-order valence-corrected chi connectivity index (χ3v) is 3.69. The lowest BCUT2D eigenvalue weighted by molar-refractivity contribution is -0.117. The molecule has 0 aliphatic heterocycles. The summed E-state index contributed by atoms with van der Waals surface area (Å²) in [5.74, 6) is 0.547. The Balaban J connectivity index is 2.53. The molecule has 0 aliphatic carbocycles. The third-order valence-electron chi connectivity index (χ3n) is 3.69. The van der Waals surface area contributed by atoms with Gasteiger partial charge in [0.25, 0.3) is 0 Å². The summed E-state index contributed by atoms with van der Waals surface area (Å²) in [7, 11) is 0. The van der Waals surface area contributed by atoms with Crippen molar-refractivity contribution in [3.8, 4) is 0 Å². The lowest BCUT2D eigenvalue weighted by atomic mass is 9.92. The summed E-state index contributed by atoms with van der Waals surface area (Å²) in [6.45, 7) is 16.4. The normalized spacial score (nSPS) is 12.7. The molecule has 126 valence electrons. The first-order valence-electron chi connectivity index (χ1n) is 8.05. The fourth-order valence-electron chi connectivity index (χ4n) is 2.56. The number of hydrogen-bond donors (Lipinski definition) is 1. The van der Waals surface area contributed by atoms with Crippen molar-refractivity contribution in [2.75, 3.05) is 5.32 Å². The van der Waals surface area contributed by atoms with Crippen LogP contribution >= 0.6 is 0 Å².